The van der Waals surface area contributed by atoms with Crippen LogP contribution >= 0.6 is 11.8 Å². The predicted octanol–water partition coefficient (Wildman–Crippen LogP) is 1.49. The maximum atomic E-state index is 8.74. The lowest BCUT2D eigenvalue weighted by atomic mass is 10.1. The van der Waals surface area contributed by atoms with Gasteiger partial charge in [-0.2, -0.15) is 22.0 Å². The summed E-state index contributed by atoms with van der Waals surface area (Å²) in [5, 5.41) is 12.8. The fraction of sp³-hybridized carbons (Fsp3) is 0.727. The van der Waals surface area contributed by atoms with E-state index < -0.39 is 0 Å². The first-order valence-corrected chi connectivity index (χ1v) is 6.86. The number of hydrogen-bond acceptors (Lipinski definition) is 6. The molecule has 1 aliphatic heterocycles. The van der Waals surface area contributed by atoms with Crippen molar-refractivity contribution in [1.29, 1.82) is 5.26 Å². The summed E-state index contributed by atoms with van der Waals surface area (Å²) in [6, 6.07) is 2.41. The maximum Gasteiger partial charge on any atom is 0.228 e. The zero-order chi connectivity index (χ0) is 12.3. The molecule has 2 rings (SSSR count). The van der Waals surface area contributed by atoms with Gasteiger partial charge in [-0.25, -0.2) is 0 Å². The highest BCUT2D eigenvalue weighted by atomic mass is 32.2. The molecule has 0 bridgehead atoms. The van der Waals surface area contributed by atoms with Crippen molar-refractivity contribution >= 4 is 11.8 Å². The molecule has 0 aromatic carbocycles. The Morgan fingerprint density at radius 1 is 1.71 bits per heavy atom. The van der Waals surface area contributed by atoms with Gasteiger partial charge in [0.05, 0.1) is 18.0 Å². The Morgan fingerprint density at radius 2 is 2.53 bits per heavy atom. The van der Waals surface area contributed by atoms with Crippen LogP contribution in [0.1, 0.15) is 24.7 Å². The molecule has 92 valence electrons. The molecule has 0 spiro atoms. The summed E-state index contributed by atoms with van der Waals surface area (Å²) < 4.78 is 5.19. The molecule has 0 saturated carbocycles. The van der Waals surface area contributed by atoms with Gasteiger partial charge in [0.1, 0.15) is 0 Å². The quantitative estimate of drug-likeness (QED) is 0.812. The lowest BCUT2D eigenvalue weighted by Crippen LogP contribution is -2.33. The number of nitrogens with zero attached hydrogens (tertiary/aromatic N) is 4. The van der Waals surface area contributed by atoms with E-state index in [-0.39, 0.29) is 12.0 Å². The molecule has 1 fully saturated rings. The highest BCUT2D eigenvalue weighted by molar-refractivity contribution is 7.99. The van der Waals surface area contributed by atoms with Crippen LogP contribution in [-0.2, 0) is 6.42 Å². The minimum absolute atomic E-state index is 0.0817. The Bertz CT molecular complexity index is 414. The SMILES string of the molecule is CC(C#N)Cc1nc(C2CSCCN2C)no1. The third-order valence-corrected chi connectivity index (χ3v) is 3.90. The van der Waals surface area contributed by atoms with Crippen LogP contribution in [0.4, 0.5) is 0 Å². The van der Waals surface area contributed by atoms with Gasteiger partial charge < -0.3 is 4.52 Å². The first kappa shape index (κ1) is 12.4. The molecule has 2 atom stereocenters. The first-order valence-electron chi connectivity index (χ1n) is 5.70. The minimum Gasteiger partial charge on any atom is -0.339 e. The van der Waals surface area contributed by atoms with E-state index >= 15 is 0 Å². The molecule has 1 aliphatic rings. The van der Waals surface area contributed by atoms with E-state index in [2.05, 4.69) is 28.2 Å². The van der Waals surface area contributed by atoms with Gasteiger partial charge in [-0.15, -0.1) is 0 Å². The summed E-state index contributed by atoms with van der Waals surface area (Å²) in [4.78, 5) is 6.64. The molecule has 0 aliphatic carbocycles. The summed E-state index contributed by atoms with van der Waals surface area (Å²) in [6.07, 6.45) is 0.535. The Balaban J connectivity index is 2.04. The molecule has 0 amide bonds. The van der Waals surface area contributed by atoms with E-state index in [1.807, 2.05) is 18.7 Å². The number of rotatable bonds is 3. The lowest BCUT2D eigenvalue weighted by Gasteiger charge is -2.29. The second kappa shape index (κ2) is 5.52. The predicted molar refractivity (Wildman–Crippen MR) is 65.5 cm³/mol. The van der Waals surface area contributed by atoms with Gasteiger partial charge in [0.2, 0.25) is 5.89 Å². The molecule has 2 unspecified atom stereocenters. The molecule has 5 nitrogen and oxygen atoms in total. The van der Waals surface area contributed by atoms with Crippen LogP contribution in [0.25, 0.3) is 0 Å². The summed E-state index contributed by atoms with van der Waals surface area (Å²) in [5.74, 6) is 3.39. The van der Waals surface area contributed by atoms with Gasteiger partial charge in [0.25, 0.3) is 0 Å². The third kappa shape index (κ3) is 2.99. The highest BCUT2D eigenvalue weighted by Gasteiger charge is 2.25. The molecule has 6 heteroatoms. The van der Waals surface area contributed by atoms with E-state index in [4.69, 9.17) is 9.78 Å². The molecule has 1 saturated heterocycles. The van der Waals surface area contributed by atoms with Crippen LogP contribution in [0.3, 0.4) is 0 Å². The van der Waals surface area contributed by atoms with Gasteiger partial charge in [-0.05, 0) is 14.0 Å². The van der Waals surface area contributed by atoms with E-state index in [9.17, 15) is 0 Å². The number of aromatic nitrogens is 2. The standard InChI is InChI=1S/C11H16N4OS/c1-8(6-12)5-10-13-11(14-16-10)9-7-17-4-3-15(9)2/h8-9H,3-5,7H2,1-2H3. The zero-order valence-corrected chi connectivity index (χ0v) is 10.9. The van der Waals surface area contributed by atoms with Gasteiger partial charge in [0, 0.05) is 24.5 Å². The van der Waals surface area contributed by atoms with Crippen LogP contribution in [0, 0.1) is 17.2 Å². The average Bonchev–Trinajstić information content (AvgIpc) is 2.78. The third-order valence-electron chi connectivity index (χ3n) is 2.88. The van der Waals surface area contributed by atoms with Crippen molar-refractivity contribution in [2.75, 3.05) is 25.1 Å². The van der Waals surface area contributed by atoms with Crippen LogP contribution < -0.4 is 0 Å². The van der Waals surface area contributed by atoms with E-state index in [1.54, 1.807) is 0 Å². The number of nitriles is 1. The summed E-state index contributed by atoms with van der Waals surface area (Å²) in [5.41, 5.74) is 0. The van der Waals surface area contributed by atoms with E-state index in [1.165, 1.54) is 0 Å². The molecule has 0 N–H and O–H groups in total. The smallest absolute Gasteiger partial charge is 0.228 e. The molecular weight excluding hydrogens is 236 g/mol. The molecule has 17 heavy (non-hydrogen) atoms. The Morgan fingerprint density at radius 3 is 3.24 bits per heavy atom. The van der Waals surface area contributed by atoms with Gasteiger partial charge in [-0.1, -0.05) is 5.16 Å². The van der Waals surface area contributed by atoms with Crippen molar-refractivity contribution in [3.8, 4) is 6.07 Å². The topological polar surface area (TPSA) is 66.0 Å². The van der Waals surface area contributed by atoms with Gasteiger partial charge >= 0.3 is 0 Å². The van der Waals surface area contributed by atoms with Gasteiger partial charge in [-0.3, -0.25) is 4.90 Å². The van der Waals surface area contributed by atoms with Crippen LogP contribution in [0.15, 0.2) is 4.52 Å². The van der Waals surface area contributed by atoms with Crippen LogP contribution in [-0.4, -0.2) is 40.1 Å². The second-order valence-corrected chi connectivity index (χ2v) is 5.50. The monoisotopic (exact) mass is 252 g/mol. The van der Waals surface area contributed by atoms with Crippen molar-refractivity contribution in [2.45, 2.75) is 19.4 Å². The summed E-state index contributed by atoms with van der Waals surface area (Å²) >= 11 is 1.91. The zero-order valence-electron chi connectivity index (χ0n) is 10.1. The second-order valence-electron chi connectivity index (χ2n) is 4.35. The molecule has 2 heterocycles. The van der Waals surface area contributed by atoms with E-state index in [0.29, 0.717) is 12.3 Å². The minimum atomic E-state index is -0.0817. The summed E-state index contributed by atoms with van der Waals surface area (Å²) in [7, 11) is 2.08. The average molecular weight is 252 g/mol. The maximum absolute atomic E-state index is 8.74. The fourth-order valence-corrected chi connectivity index (χ4v) is 2.96. The Kier molecular flexibility index (Phi) is 4.02. The summed E-state index contributed by atoms with van der Waals surface area (Å²) in [6.45, 7) is 2.90. The molecule has 1 aromatic heterocycles. The van der Waals surface area contributed by atoms with E-state index in [0.717, 1.165) is 23.9 Å². The normalized spacial score (nSPS) is 23.2. The molecular formula is C11H16N4OS. The van der Waals surface area contributed by atoms with Crippen molar-refractivity contribution in [1.82, 2.24) is 15.0 Å². The molecule has 0 radical (unpaired) electrons. The van der Waals surface area contributed by atoms with Crippen LogP contribution in [0.5, 0.6) is 0 Å². The Hall–Kier alpha value is -1.06. The Labute approximate surface area is 105 Å². The van der Waals surface area contributed by atoms with Crippen molar-refractivity contribution in [3.63, 3.8) is 0 Å². The van der Waals surface area contributed by atoms with Gasteiger partial charge in [0.15, 0.2) is 5.82 Å². The molecule has 1 aromatic rings. The van der Waals surface area contributed by atoms with Crippen molar-refractivity contribution in [3.05, 3.63) is 11.7 Å². The number of thioether (sulfide) groups is 1. The highest BCUT2D eigenvalue weighted by Crippen LogP contribution is 2.26. The number of hydrogen-bond donors (Lipinski definition) is 0. The van der Waals surface area contributed by atoms with Crippen molar-refractivity contribution in [2.24, 2.45) is 5.92 Å². The largest absolute Gasteiger partial charge is 0.339 e. The fourth-order valence-electron chi connectivity index (χ4n) is 1.75. The first-order chi connectivity index (χ1) is 8.20. The van der Waals surface area contributed by atoms with Crippen molar-refractivity contribution < 1.29 is 4.52 Å². The lowest BCUT2D eigenvalue weighted by molar-refractivity contribution is 0.256. The van der Waals surface area contributed by atoms with Crippen LogP contribution in [0.2, 0.25) is 0 Å².